The van der Waals surface area contributed by atoms with Gasteiger partial charge in [-0.25, -0.2) is 0 Å². The van der Waals surface area contributed by atoms with Crippen LogP contribution in [0.3, 0.4) is 0 Å². The number of likely N-dealkylation sites (tertiary alicyclic amines) is 1. The highest BCUT2D eigenvalue weighted by molar-refractivity contribution is 5.94. The predicted molar refractivity (Wildman–Crippen MR) is 78.6 cm³/mol. The zero-order valence-corrected chi connectivity index (χ0v) is 11.9. The minimum atomic E-state index is 0.0319. The van der Waals surface area contributed by atoms with E-state index in [-0.39, 0.29) is 5.91 Å². The van der Waals surface area contributed by atoms with Gasteiger partial charge < -0.3 is 15.5 Å². The van der Waals surface area contributed by atoms with Crippen LogP contribution < -0.4 is 10.6 Å². The van der Waals surface area contributed by atoms with Gasteiger partial charge in [-0.1, -0.05) is 0 Å². The summed E-state index contributed by atoms with van der Waals surface area (Å²) in [6.45, 7) is 3.25. The Kier molecular flexibility index (Phi) is 4.43. The minimum absolute atomic E-state index is 0.0319. The van der Waals surface area contributed by atoms with E-state index in [2.05, 4.69) is 29.5 Å². The normalized spacial score (nSPS) is 23.9. The van der Waals surface area contributed by atoms with Crippen LogP contribution in [0.1, 0.15) is 30.1 Å². The number of amides is 1. The number of nitrogens with zero attached hydrogens (tertiary/aromatic N) is 1. The lowest BCUT2D eigenvalue weighted by atomic mass is 9.98. The molecule has 2 atom stereocenters. The van der Waals surface area contributed by atoms with E-state index < -0.39 is 0 Å². The molecule has 2 rings (SSSR count). The van der Waals surface area contributed by atoms with Crippen LogP contribution in [0.4, 0.5) is 5.69 Å². The van der Waals surface area contributed by atoms with Crippen molar-refractivity contribution in [2.24, 2.45) is 0 Å². The molecule has 2 unspecified atom stereocenters. The van der Waals surface area contributed by atoms with Gasteiger partial charge >= 0.3 is 0 Å². The molecule has 0 spiro atoms. The Bertz CT molecular complexity index is 430. The molecule has 0 bridgehead atoms. The molecule has 104 valence electrons. The predicted octanol–water partition coefficient (Wildman–Crippen LogP) is 1.94. The Morgan fingerprint density at radius 2 is 2.00 bits per heavy atom. The zero-order valence-electron chi connectivity index (χ0n) is 11.9. The first-order valence-electron chi connectivity index (χ1n) is 6.89. The third-order valence-electron chi connectivity index (χ3n) is 3.98. The second kappa shape index (κ2) is 6.06. The van der Waals surface area contributed by atoms with E-state index in [0.717, 1.165) is 30.6 Å². The van der Waals surface area contributed by atoms with Gasteiger partial charge in [0.05, 0.1) is 0 Å². The van der Waals surface area contributed by atoms with Crippen LogP contribution in [0.25, 0.3) is 0 Å². The summed E-state index contributed by atoms with van der Waals surface area (Å²) in [5.74, 6) is 0.0319. The molecular weight excluding hydrogens is 238 g/mol. The van der Waals surface area contributed by atoms with Crippen molar-refractivity contribution in [1.29, 1.82) is 0 Å². The molecule has 0 radical (unpaired) electrons. The quantitative estimate of drug-likeness (QED) is 0.874. The van der Waals surface area contributed by atoms with E-state index in [9.17, 15) is 4.79 Å². The fraction of sp³-hybridized carbons (Fsp3) is 0.533. The summed E-state index contributed by atoms with van der Waals surface area (Å²) in [6, 6.07) is 8.39. The van der Waals surface area contributed by atoms with Crippen molar-refractivity contribution in [3.63, 3.8) is 0 Å². The molecular formula is C15H23N3O. The van der Waals surface area contributed by atoms with E-state index >= 15 is 0 Å². The summed E-state index contributed by atoms with van der Waals surface area (Å²) in [6.07, 6.45) is 2.05. The fourth-order valence-electron chi connectivity index (χ4n) is 2.48. The van der Waals surface area contributed by atoms with Crippen LogP contribution in [0.15, 0.2) is 24.3 Å². The molecule has 2 N–H and O–H groups in total. The molecule has 1 fully saturated rings. The maximum Gasteiger partial charge on any atom is 0.251 e. The number of benzene rings is 1. The number of carbonyl (C=O) groups is 1. The summed E-state index contributed by atoms with van der Waals surface area (Å²) in [5.41, 5.74) is 1.75. The second-order valence-electron chi connectivity index (χ2n) is 5.35. The molecule has 4 nitrogen and oxygen atoms in total. The van der Waals surface area contributed by atoms with Crippen LogP contribution in [0.2, 0.25) is 0 Å². The van der Waals surface area contributed by atoms with Crippen LogP contribution in [0, 0.1) is 0 Å². The maximum absolute atomic E-state index is 12.2. The van der Waals surface area contributed by atoms with Crippen molar-refractivity contribution >= 4 is 11.6 Å². The fourth-order valence-corrected chi connectivity index (χ4v) is 2.48. The SMILES string of the molecule is CNc1ccc(C(=O)NC2CCN(C)C(C)C2)cc1. The highest BCUT2D eigenvalue weighted by Gasteiger charge is 2.24. The first-order chi connectivity index (χ1) is 9.10. The Hall–Kier alpha value is -1.55. The molecule has 0 aliphatic carbocycles. The molecule has 0 aromatic heterocycles. The van der Waals surface area contributed by atoms with Gasteiger partial charge in [0.25, 0.3) is 5.91 Å². The van der Waals surface area contributed by atoms with Crippen molar-refractivity contribution in [3.8, 4) is 0 Å². The average Bonchev–Trinajstić information content (AvgIpc) is 2.43. The van der Waals surface area contributed by atoms with Crippen LogP contribution >= 0.6 is 0 Å². The van der Waals surface area contributed by atoms with Gasteiger partial charge in [0.1, 0.15) is 0 Å². The highest BCUT2D eigenvalue weighted by Crippen LogP contribution is 2.16. The smallest absolute Gasteiger partial charge is 0.251 e. The number of nitrogens with one attached hydrogen (secondary N) is 2. The van der Waals surface area contributed by atoms with E-state index in [0.29, 0.717) is 12.1 Å². The lowest BCUT2D eigenvalue weighted by molar-refractivity contribution is 0.0896. The standard InChI is InChI=1S/C15H23N3O/c1-11-10-14(8-9-18(11)3)17-15(19)12-4-6-13(16-2)7-5-12/h4-7,11,14,16H,8-10H2,1-3H3,(H,17,19). The molecule has 19 heavy (non-hydrogen) atoms. The number of hydrogen-bond donors (Lipinski definition) is 2. The molecule has 1 aromatic rings. The highest BCUT2D eigenvalue weighted by atomic mass is 16.1. The third kappa shape index (κ3) is 3.47. The molecule has 0 saturated carbocycles. The van der Waals surface area contributed by atoms with Crippen molar-refractivity contribution in [1.82, 2.24) is 10.2 Å². The van der Waals surface area contributed by atoms with Crippen molar-refractivity contribution in [2.45, 2.75) is 31.8 Å². The third-order valence-corrected chi connectivity index (χ3v) is 3.98. The van der Waals surface area contributed by atoms with Crippen LogP contribution in [-0.4, -0.2) is 43.5 Å². The van der Waals surface area contributed by atoms with E-state index in [1.165, 1.54) is 0 Å². The molecule has 1 amide bonds. The topological polar surface area (TPSA) is 44.4 Å². The van der Waals surface area contributed by atoms with E-state index in [1.807, 2.05) is 31.3 Å². The van der Waals surface area contributed by atoms with E-state index in [4.69, 9.17) is 0 Å². The van der Waals surface area contributed by atoms with Gasteiger partial charge in [-0.15, -0.1) is 0 Å². The van der Waals surface area contributed by atoms with E-state index in [1.54, 1.807) is 0 Å². The zero-order chi connectivity index (χ0) is 13.8. The Morgan fingerprint density at radius 1 is 1.32 bits per heavy atom. The summed E-state index contributed by atoms with van der Waals surface area (Å²) in [7, 11) is 4.01. The summed E-state index contributed by atoms with van der Waals surface area (Å²) < 4.78 is 0. The number of piperidine rings is 1. The number of anilines is 1. The largest absolute Gasteiger partial charge is 0.388 e. The molecule has 4 heteroatoms. The summed E-state index contributed by atoms with van der Waals surface area (Å²) in [5, 5.41) is 6.19. The average molecular weight is 261 g/mol. The second-order valence-corrected chi connectivity index (χ2v) is 5.35. The number of carbonyl (C=O) groups excluding carboxylic acids is 1. The minimum Gasteiger partial charge on any atom is -0.388 e. The number of hydrogen-bond acceptors (Lipinski definition) is 3. The molecule has 1 aliphatic heterocycles. The van der Waals surface area contributed by atoms with Crippen molar-refractivity contribution < 1.29 is 4.79 Å². The van der Waals surface area contributed by atoms with Gasteiger partial charge in [-0.05, 0) is 51.1 Å². The Balaban J connectivity index is 1.93. The van der Waals surface area contributed by atoms with Crippen molar-refractivity contribution in [3.05, 3.63) is 29.8 Å². The Morgan fingerprint density at radius 3 is 2.58 bits per heavy atom. The van der Waals surface area contributed by atoms with Gasteiger partial charge in [0, 0.05) is 36.9 Å². The van der Waals surface area contributed by atoms with Crippen LogP contribution in [-0.2, 0) is 0 Å². The van der Waals surface area contributed by atoms with Gasteiger partial charge in [-0.3, -0.25) is 4.79 Å². The first-order valence-corrected chi connectivity index (χ1v) is 6.89. The monoisotopic (exact) mass is 261 g/mol. The molecule has 1 saturated heterocycles. The lowest BCUT2D eigenvalue weighted by Crippen LogP contribution is -2.47. The summed E-state index contributed by atoms with van der Waals surface area (Å²) in [4.78, 5) is 14.5. The Labute approximate surface area is 115 Å². The summed E-state index contributed by atoms with van der Waals surface area (Å²) >= 11 is 0. The molecule has 1 aromatic carbocycles. The first kappa shape index (κ1) is 13.9. The van der Waals surface area contributed by atoms with Gasteiger partial charge in [0.15, 0.2) is 0 Å². The van der Waals surface area contributed by atoms with Gasteiger partial charge in [-0.2, -0.15) is 0 Å². The molecule has 1 heterocycles. The van der Waals surface area contributed by atoms with Gasteiger partial charge in [0.2, 0.25) is 0 Å². The molecule has 1 aliphatic rings. The number of rotatable bonds is 3. The lowest BCUT2D eigenvalue weighted by Gasteiger charge is -2.35. The van der Waals surface area contributed by atoms with Crippen molar-refractivity contribution in [2.75, 3.05) is 26.0 Å². The van der Waals surface area contributed by atoms with Crippen LogP contribution in [0.5, 0.6) is 0 Å². The maximum atomic E-state index is 12.2.